The van der Waals surface area contributed by atoms with Gasteiger partial charge in [-0.1, -0.05) is 6.07 Å². The van der Waals surface area contributed by atoms with Crippen LogP contribution in [-0.4, -0.2) is 26.0 Å². The highest BCUT2D eigenvalue weighted by atomic mass is 32.1. The van der Waals surface area contributed by atoms with Crippen LogP contribution in [0.25, 0.3) is 6.08 Å². The molecule has 2 amide bonds. The van der Waals surface area contributed by atoms with Crippen molar-refractivity contribution in [1.82, 2.24) is 0 Å². The molecule has 23 heavy (non-hydrogen) atoms. The number of nitrogens with one attached hydrogen (secondary N) is 1. The number of rotatable bonds is 6. The third kappa shape index (κ3) is 4.10. The monoisotopic (exact) mass is 332 g/mol. The van der Waals surface area contributed by atoms with Crippen LogP contribution in [0.2, 0.25) is 0 Å². The molecule has 7 heteroatoms. The molecule has 120 valence electrons. The second kappa shape index (κ2) is 7.46. The predicted molar refractivity (Wildman–Crippen MR) is 90.0 cm³/mol. The van der Waals surface area contributed by atoms with Gasteiger partial charge in [-0.2, -0.15) is 0 Å². The Balaban J connectivity index is 2.09. The molecule has 0 aliphatic carbocycles. The van der Waals surface area contributed by atoms with E-state index < -0.39 is 5.91 Å². The highest BCUT2D eigenvalue weighted by Crippen LogP contribution is 2.28. The highest BCUT2D eigenvalue weighted by molar-refractivity contribution is 7.14. The quantitative estimate of drug-likeness (QED) is 0.795. The Kier molecular flexibility index (Phi) is 5.37. The summed E-state index contributed by atoms with van der Waals surface area (Å²) < 4.78 is 10.4. The summed E-state index contributed by atoms with van der Waals surface area (Å²) in [4.78, 5) is 23.1. The second-order valence-corrected chi connectivity index (χ2v) is 5.38. The number of amides is 2. The summed E-state index contributed by atoms with van der Waals surface area (Å²) in [7, 11) is 3.10. The van der Waals surface area contributed by atoms with Crippen LogP contribution in [0.1, 0.15) is 15.9 Å². The summed E-state index contributed by atoms with van der Waals surface area (Å²) in [6, 6.07) is 6.87. The van der Waals surface area contributed by atoms with Gasteiger partial charge in [0.1, 0.15) is 5.00 Å². The molecule has 3 N–H and O–H groups in total. The number of nitrogens with two attached hydrogens (primary N) is 1. The minimum atomic E-state index is -0.578. The Morgan fingerprint density at radius 1 is 1.17 bits per heavy atom. The third-order valence-electron chi connectivity index (χ3n) is 3.00. The summed E-state index contributed by atoms with van der Waals surface area (Å²) in [6.45, 7) is 0. The molecule has 6 nitrogen and oxygen atoms in total. The first-order valence-electron chi connectivity index (χ1n) is 6.63. The maximum Gasteiger partial charge on any atom is 0.251 e. The van der Waals surface area contributed by atoms with Gasteiger partial charge in [-0.25, -0.2) is 0 Å². The molecular formula is C16H16N2O4S. The molecule has 0 unspecified atom stereocenters. The summed E-state index contributed by atoms with van der Waals surface area (Å²) >= 11 is 1.24. The molecule has 0 radical (unpaired) electrons. The zero-order valence-electron chi connectivity index (χ0n) is 12.7. The van der Waals surface area contributed by atoms with E-state index in [0.717, 1.165) is 5.56 Å². The summed E-state index contributed by atoms with van der Waals surface area (Å²) in [5, 5.41) is 4.75. The zero-order chi connectivity index (χ0) is 16.8. The molecule has 0 bridgehead atoms. The average molecular weight is 332 g/mol. The van der Waals surface area contributed by atoms with E-state index >= 15 is 0 Å². The summed E-state index contributed by atoms with van der Waals surface area (Å²) in [5.74, 6) is 0.248. The molecular weight excluding hydrogens is 316 g/mol. The minimum Gasteiger partial charge on any atom is -0.493 e. The lowest BCUT2D eigenvalue weighted by atomic mass is 10.2. The van der Waals surface area contributed by atoms with Crippen LogP contribution in [0.3, 0.4) is 0 Å². The molecule has 1 heterocycles. The lowest BCUT2D eigenvalue weighted by Crippen LogP contribution is -2.14. The van der Waals surface area contributed by atoms with Crippen molar-refractivity contribution in [1.29, 1.82) is 0 Å². The highest BCUT2D eigenvalue weighted by Gasteiger charge is 2.11. The Labute approximate surface area is 137 Å². The maximum absolute atomic E-state index is 11.9. The number of methoxy groups -OCH3 is 2. The first-order chi connectivity index (χ1) is 11.0. The molecule has 0 saturated carbocycles. The summed E-state index contributed by atoms with van der Waals surface area (Å²) in [6.07, 6.45) is 3.00. The third-order valence-corrected chi connectivity index (χ3v) is 3.83. The predicted octanol–water partition coefficient (Wildman–Crippen LogP) is 2.52. The van der Waals surface area contributed by atoms with Crippen LogP contribution in [0.4, 0.5) is 5.00 Å². The van der Waals surface area contributed by atoms with Crippen molar-refractivity contribution in [3.8, 4) is 11.5 Å². The molecule has 0 atom stereocenters. The zero-order valence-corrected chi connectivity index (χ0v) is 13.5. The number of carbonyl (C=O) groups excluding carboxylic acids is 2. The van der Waals surface area contributed by atoms with Gasteiger partial charge in [-0.05, 0) is 35.2 Å². The molecule has 0 aliphatic rings. The molecule has 1 aromatic heterocycles. The van der Waals surface area contributed by atoms with Gasteiger partial charge >= 0.3 is 0 Å². The fourth-order valence-electron chi connectivity index (χ4n) is 1.88. The number of anilines is 1. The van der Waals surface area contributed by atoms with E-state index in [1.54, 1.807) is 49.9 Å². The van der Waals surface area contributed by atoms with Crippen LogP contribution in [0.5, 0.6) is 11.5 Å². The number of carbonyl (C=O) groups is 2. The average Bonchev–Trinajstić information content (AvgIpc) is 3.00. The number of hydrogen-bond acceptors (Lipinski definition) is 5. The normalized spacial score (nSPS) is 10.5. The lowest BCUT2D eigenvalue weighted by Gasteiger charge is -2.07. The maximum atomic E-state index is 11.9. The molecule has 0 saturated heterocycles. The van der Waals surface area contributed by atoms with Crippen molar-refractivity contribution >= 4 is 34.2 Å². The van der Waals surface area contributed by atoms with Crippen LogP contribution < -0.4 is 20.5 Å². The number of primary amides is 1. The number of thiophene rings is 1. The molecule has 0 spiro atoms. The minimum absolute atomic E-state index is 0.294. The standard InChI is InChI=1S/C16H16N2O4S/c1-21-12-5-3-10(9-13(12)22-2)4-6-14(19)18-16-11(15(17)20)7-8-23-16/h3-9H,1-2H3,(H2,17,20)(H,18,19)/b6-4+. The first-order valence-corrected chi connectivity index (χ1v) is 7.51. The van der Waals surface area contributed by atoms with Gasteiger partial charge < -0.3 is 20.5 Å². The van der Waals surface area contributed by atoms with E-state index in [1.807, 2.05) is 0 Å². The molecule has 2 rings (SSSR count). The van der Waals surface area contributed by atoms with E-state index in [9.17, 15) is 9.59 Å². The smallest absolute Gasteiger partial charge is 0.251 e. The molecule has 2 aromatic rings. The van der Waals surface area contributed by atoms with Gasteiger partial charge in [0.2, 0.25) is 5.91 Å². The second-order valence-electron chi connectivity index (χ2n) is 4.46. The van der Waals surface area contributed by atoms with E-state index in [4.69, 9.17) is 15.2 Å². The fraction of sp³-hybridized carbons (Fsp3) is 0.125. The van der Waals surface area contributed by atoms with E-state index in [2.05, 4.69) is 5.32 Å². The molecule has 1 aromatic carbocycles. The molecule has 0 fully saturated rings. The van der Waals surface area contributed by atoms with E-state index in [1.165, 1.54) is 17.4 Å². The van der Waals surface area contributed by atoms with Crippen molar-refractivity contribution in [3.63, 3.8) is 0 Å². The largest absolute Gasteiger partial charge is 0.493 e. The summed E-state index contributed by atoms with van der Waals surface area (Å²) in [5.41, 5.74) is 6.30. The van der Waals surface area contributed by atoms with Crippen molar-refractivity contribution in [3.05, 3.63) is 46.8 Å². The van der Waals surface area contributed by atoms with Gasteiger partial charge in [-0.3, -0.25) is 9.59 Å². The molecule has 0 aliphatic heterocycles. The van der Waals surface area contributed by atoms with E-state index in [-0.39, 0.29) is 5.91 Å². The van der Waals surface area contributed by atoms with Crippen molar-refractivity contribution < 1.29 is 19.1 Å². The van der Waals surface area contributed by atoms with E-state index in [0.29, 0.717) is 22.1 Å². The first kappa shape index (κ1) is 16.6. The number of ether oxygens (including phenoxy) is 2. The fourth-order valence-corrected chi connectivity index (χ4v) is 2.68. The SMILES string of the molecule is COc1ccc(/C=C/C(=O)Nc2sccc2C(N)=O)cc1OC. The Morgan fingerprint density at radius 3 is 2.57 bits per heavy atom. The van der Waals surface area contributed by atoms with Crippen LogP contribution in [-0.2, 0) is 4.79 Å². The van der Waals surface area contributed by atoms with Crippen molar-refractivity contribution in [2.75, 3.05) is 19.5 Å². The van der Waals surface area contributed by atoms with Crippen LogP contribution >= 0.6 is 11.3 Å². The van der Waals surface area contributed by atoms with Crippen LogP contribution in [0, 0.1) is 0 Å². The van der Waals surface area contributed by atoms with Crippen molar-refractivity contribution in [2.24, 2.45) is 5.73 Å². The van der Waals surface area contributed by atoms with Gasteiger partial charge in [-0.15, -0.1) is 11.3 Å². The Hall–Kier alpha value is -2.80. The van der Waals surface area contributed by atoms with Gasteiger partial charge in [0.15, 0.2) is 11.5 Å². The Morgan fingerprint density at radius 2 is 1.91 bits per heavy atom. The van der Waals surface area contributed by atoms with Gasteiger partial charge in [0.05, 0.1) is 19.8 Å². The lowest BCUT2D eigenvalue weighted by molar-refractivity contribution is -0.111. The number of benzene rings is 1. The van der Waals surface area contributed by atoms with Crippen LogP contribution in [0.15, 0.2) is 35.7 Å². The van der Waals surface area contributed by atoms with Gasteiger partial charge in [0, 0.05) is 6.08 Å². The van der Waals surface area contributed by atoms with Gasteiger partial charge in [0.25, 0.3) is 5.91 Å². The number of hydrogen-bond donors (Lipinski definition) is 2. The topological polar surface area (TPSA) is 90.6 Å². The van der Waals surface area contributed by atoms with Crippen molar-refractivity contribution in [2.45, 2.75) is 0 Å². The Bertz CT molecular complexity index is 752.